The van der Waals surface area contributed by atoms with Crippen LogP contribution in [0.15, 0.2) is 48.5 Å². The van der Waals surface area contributed by atoms with Crippen molar-refractivity contribution in [1.29, 1.82) is 0 Å². The fraction of sp³-hybridized carbons (Fsp3) is 0.333. The first-order valence-corrected chi connectivity index (χ1v) is 9.39. The maximum Gasteiger partial charge on any atom is 0.261 e. The smallest absolute Gasteiger partial charge is 0.261 e. The van der Waals surface area contributed by atoms with Crippen LogP contribution in [0.25, 0.3) is 0 Å². The maximum atomic E-state index is 13.0. The Labute approximate surface area is 170 Å². The van der Waals surface area contributed by atoms with Crippen LogP contribution in [0.5, 0.6) is 11.5 Å². The van der Waals surface area contributed by atoms with E-state index in [4.69, 9.17) is 21.1 Å². The zero-order valence-electron chi connectivity index (χ0n) is 16.3. The Hall–Kier alpha value is -2.73. The summed E-state index contributed by atoms with van der Waals surface area (Å²) in [6, 6.07) is 13.7. The van der Waals surface area contributed by atoms with Gasteiger partial charge in [-0.2, -0.15) is 0 Å². The highest BCUT2D eigenvalue weighted by atomic mass is 35.5. The molecule has 1 N–H and O–H groups in total. The van der Waals surface area contributed by atoms with Crippen molar-refractivity contribution < 1.29 is 19.1 Å². The molecule has 7 heteroatoms. The molecule has 0 aromatic heterocycles. The molecular weight excluding hydrogens is 380 g/mol. The van der Waals surface area contributed by atoms with E-state index in [0.29, 0.717) is 22.9 Å². The van der Waals surface area contributed by atoms with Gasteiger partial charge in [-0.05, 0) is 36.2 Å². The van der Waals surface area contributed by atoms with Crippen molar-refractivity contribution in [1.82, 2.24) is 10.2 Å². The number of nitrogens with one attached hydrogen (secondary N) is 1. The highest BCUT2D eigenvalue weighted by Gasteiger charge is 2.28. The molecule has 0 radical (unpaired) electrons. The van der Waals surface area contributed by atoms with Crippen molar-refractivity contribution in [3.8, 4) is 11.5 Å². The zero-order valence-corrected chi connectivity index (χ0v) is 17.0. The lowest BCUT2D eigenvalue weighted by molar-refractivity contribution is -0.142. The molecule has 0 saturated heterocycles. The third-order valence-corrected chi connectivity index (χ3v) is 4.57. The third-order valence-electron chi connectivity index (χ3n) is 4.32. The summed E-state index contributed by atoms with van der Waals surface area (Å²) in [6.07, 6.45) is 0.480. The van der Waals surface area contributed by atoms with Crippen LogP contribution < -0.4 is 14.8 Å². The first kappa shape index (κ1) is 21.6. The molecule has 2 aromatic carbocycles. The van der Waals surface area contributed by atoms with E-state index in [0.717, 1.165) is 5.56 Å². The van der Waals surface area contributed by atoms with Gasteiger partial charge in [-0.25, -0.2) is 0 Å². The minimum atomic E-state index is -0.602. The van der Waals surface area contributed by atoms with Gasteiger partial charge >= 0.3 is 0 Å². The second kappa shape index (κ2) is 10.6. The van der Waals surface area contributed by atoms with Crippen molar-refractivity contribution in [2.45, 2.75) is 25.9 Å². The van der Waals surface area contributed by atoms with Gasteiger partial charge in [-0.3, -0.25) is 9.59 Å². The van der Waals surface area contributed by atoms with Gasteiger partial charge in [-0.15, -0.1) is 0 Å². The summed E-state index contributed by atoms with van der Waals surface area (Å²) in [5.74, 6) is 0.495. The number of benzene rings is 2. The van der Waals surface area contributed by atoms with Crippen LogP contribution in [0.3, 0.4) is 0 Å². The fourth-order valence-corrected chi connectivity index (χ4v) is 2.96. The van der Waals surface area contributed by atoms with Gasteiger partial charge in [0.15, 0.2) is 18.1 Å². The number of hydrogen-bond donors (Lipinski definition) is 1. The van der Waals surface area contributed by atoms with Crippen LogP contribution in [-0.4, -0.2) is 43.5 Å². The van der Waals surface area contributed by atoms with E-state index in [1.165, 1.54) is 12.0 Å². The number of carbonyl (C=O) groups excluding carboxylic acids is 2. The van der Waals surface area contributed by atoms with E-state index in [9.17, 15) is 9.59 Å². The Morgan fingerprint density at radius 2 is 1.75 bits per heavy atom. The second-order valence-electron chi connectivity index (χ2n) is 6.13. The maximum absolute atomic E-state index is 13.0. The Bertz CT molecular complexity index is 795. The van der Waals surface area contributed by atoms with Crippen molar-refractivity contribution in [3.05, 3.63) is 59.1 Å². The Morgan fingerprint density at radius 1 is 1.11 bits per heavy atom. The molecule has 6 nitrogen and oxygen atoms in total. The molecule has 150 valence electrons. The molecule has 2 amide bonds. The molecule has 0 saturated carbocycles. The second-order valence-corrected chi connectivity index (χ2v) is 6.56. The van der Waals surface area contributed by atoms with Gasteiger partial charge in [0.05, 0.1) is 7.11 Å². The summed E-state index contributed by atoms with van der Waals surface area (Å²) >= 11 is 5.94. The predicted octanol–water partition coefficient (Wildman–Crippen LogP) is 3.28. The fourth-order valence-electron chi connectivity index (χ4n) is 2.83. The van der Waals surface area contributed by atoms with Crippen LogP contribution in [0.1, 0.15) is 18.9 Å². The summed E-state index contributed by atoms with van der Waals surface area (Å²) in [7, 11) is 3.09. The number of halogens is 1. The molecule has 28 heavy (non-hydrogen) atoms. The van der Waals surface area contributed by atoms with E-state index >= 15 is 0 Å². The van der Waals surface area contributed by atoms with Crippen LogP contribution in [-0.2, 0) is 16.1 Å². The quantitative estimate of drug-likeness (QED) is 0.696. The molecule has 0 heterocycles. The van der Waals surface area contributed by atoms with Crippen LogP contribution >= 0.6 is 11.6 Å². The average molecular weight is 405 g/mol. The van der Waals surface area contributed by atoms with Gasteiger partial charge < -0.3 is 19.7 Å². The van der Waals surface area contributed by atoms with Crippen molar-refractivity contribution in [2.24, 2.45) is 0 Å². The van der Waals surface area contributed by atoms with E-state index in [1.54, 1.807) is 37.4 Å². The average Bonchev–Trinajstić information content (AvgIpc) is 2.73. The third kappa shape index (κ3) is 5.63. The number of likely N-dealkylation sites (N-methyl/N-ethyl adjacent to an activating group) is 1. The molecule has 0 spiro atoms. The van der Waals surface area contributed by atoms with Crippen LogP contribution in [0.2, 0.25) is 5.02 Å². The molecule has 0 aliphatic carbocycles. The molecule has 2 aromatic rings. The lowest BCUT2D eigenvalue weighted by Crippen LogP contribution is -2.49. The summed E-state index contributed by atoms with van der Waals surface area (Å²) in [4.78, 5) is 26.8. The van der Waals surface area contributed by atoms with Gasteiger partial charge in [0.1, 0.15) is 6.04 Å². The minimum absolute atomic E-state index is 0.207. The van der Waals surface area contributed by atoms with Gasteiger partial charge in [0, 0.05) is 18.6 Å². The molecule has 1 atom stereocenters. The normalized spacial score (nSPS) is 11.4. The molecule has 1 unspecified atom stereocenters. The number of carbonyl (C=O) groups is 2. The number of hydrogen-bond acceptors (Lipinski definition) is 4. The highest BCUT2D eigenvalue weighted by Crippen LogP contribution is 2.26. The number of ether oxygens (including phenoxy) is 2. The van der Waals surface area contributed by atoms with Crippen LogP contribution in [0.4, 0.5) is 0 Å². The lowest BCUT2D eigenvalue weighted by Gasteiger charge is -2.30. The van der Waals surface area contributed by atoms with Crippen molar-refractivity contribution in [3.63, 3.8) is 0 Å². The van der Waals surface area contributed by atoms with E-state index < -0.39 is 6.04 Å². The van der Waals surface area contributed by atoms with Gasteiger partial charge in [0.25, 0.3) is 5.91 Å². The molecule has 0 fully saturated rings. The number of methoxy groups -OCH3 is 1. The van der Waals surface area contributed by atoms with E-state index in [1.807, 2.05) is 25.1 Å². The topological polar surface area (TPSA) is 67.9 Å². The molecule has 0 bridgehead atoms. The first-order valence-electron chi connectivity index (χ1n) is 9.01. The minimum Gasteiger partial charge on any atom is -0.493 e. The Morgan fingerprint density at radius 3 is 2.32 bits per heavy atom. The standard InChI is InChI=1S/C21H25ClN2O4/c1-4-17(21(26)23-2)24(13-15-9-11-16(22)12-10-15)20(25)14-28-19-8-6-5-7-18(19)27-3/h5-12,17H,4,13-14H2,1-3H3,(H,23,26). The number of rotatable bonds is 9. The van der Waals surface area contributed by atoms with Crippen LogP contribution in [0, 0.1) is 0 Å². The number of nitrogens with zero attached hydrogens (tertiary/aromatic N) is 1. The van der Waals surface area contributed by atoms with Gasteiger partial charge in [-0.1, -0.05) is 42.8 Å². The predicted molar refractivity (Wildman–Crippen MR) is 109 cm³/mol. The zero-order chi connectivity index (χ0) is 20.5. The van der Waals surface area contributed by atoms with E-state index in [-0.39, 0.29) is 25.0 Å². The summed E-state index contributed by atoms with van der Waals surface area (Å²) < 4.78 is 10.9. The number of para-hydroxylation sites is 2. The Balaban J connectivity index is 2.19. The molecule has 0 aliphatic heterocycles. The number of amides is 2. The Kier molecular flexibility index (Phi) is 8.14. The van der Waals surface area contributed by atoms with Crippen molar-refractivity contribution in [2.75, 3.05) is 20.8 Å². The molecule has 0 aliphatic rings. The molecular formula is C21H25ClN2O4. The lowest BCUT2D eigenvalue weighted by atomic mass is 10.1. The van der Waals surface area contributed by atoms with Crippen molar-refractivity contribution >= 4 is 23.4 Å². The largest absolute Gasteiger partial charge is 0.493 e. The monoisotopic (exact) mass is 404 g/mol. The SMILES string of the molecule is CCC(C(=O)NC)N(Cc1ccc(Cl)cc1)C(=O)COc1ccccc1OC. The summed E-state index contributed by atoms with van der Waals surface area (Å²) in [5.41, 5.74) is 0.873. The molecule has 2 rings (SSSR count). The summed E-state index contributed by atoms with van der Waals surface area (Å²) in [6.45, 7) is 1.93. The van der Waals surface area contributed by atoms with Gasteiger partial charge in [0.2, 0.25) is 5.91 Å². The first-order chi connectivity index (χ1) is 13.5. The highest BCUT2D eigenvalue weighted by molar-refractivity contribution is 6.30. The van der Waals surface area contributed by atoms with E-state index in [2.05, 4.69) is 5.32 Å². The summed E-state index contributed by atoms with van der Waals surface area (Å²) in [5, 5.41) is 3.23.